The van der Waals surface area contributed by atoms with Crippen molar-refractivity contribution in [2.75, 3.05) is 5.75 Å². The van der Waals surface area contributed by atoms with Gasteiger partial charge in [0, 0.05) is 12.1 Å². The molecule has 5 nitrogen and oxygen atoms in total. The summed E-state index contributed by atoms with van der Waals surface area (Å²) >= 11 is 1.37. The second-order valence-electron chi connectivity index (χ2n) is 6.70. The fourth-order valence-corrected chi connectivity index (χ4v) is 3.05. The van der Waals surface area contributed by atoms with Crippen LogP contribution < -0.4 is 0 Å². The Bertz CT molecular complexity index is 705. The van der Waals surface area contributed by atoms with Crippen molar-refractivity contribution in [1.29, 1.82) is 0 Å². The summed E-state index contributed by atoms with van der Waals surface area (Å²) in [4.78, 5) is 11.9. The van der Waals surface area contributed by atoms with Gasteiger partial charge in [-0.25, -0.2) is 0 Å². The number of thioether (sulfide) groups is 1. The van der Waals surface area contributed by atoms with E-state index in [1.165, 1.54) is 17.3 Å². The molecule has 0 atom stereocenters. The number of aromatic nitrogens is 3. The normalized spacial score (nSPS) is 11.5. The van der Waals surface area contributed by atoms with Gasteiger partial charge in [-0.1, -0.05) is 42.4 Å². The van der Waals surface area contributed by atoms with E-state index in [1.54, 1.807) is 0 Å². The van der Waals surface area contributed by atoms with Crippen molar-refractivity contribution >= 4 is 17.7 Å². The summed E-state index contributed by atoms with van der Waals surface area (Å²) in [5, 5.41) is 9.37. The fourth-order valence-electron chi connectivity index (χ4n) is 2.31. The highest BCUT2D eigenvalue weighted by Gasteiger charge is 2.19. The molecule has 6 heteroatoms. The first-order valence-corrected chi connectivity index (χ1v) is 9.13. The topological polar surface area (TPSA) is 57.0 Å². The summed E-state index contributed by atoms with van der Waals surface area (Å²) in [5.74, 6) is 0.829. The maximum atomic E-state index is 11.9. The fraction of sp³-hybridized carbons (Fsp3) is 0.500. The molecular weight excluding hydrogens is 322 g/mol. The zero-order valence-electron chi connectivity index (χ0n) is 15.0. The number of carbonyl (C=O) groups is 1. The standard InChI is InChI=1S/C18H25N3O2S/c1-6-10-21-16(14-9-7-8-13(2)11-14)19-20-17(21)24-12-15(22)23-18(3,4)5/h7-9,11H,6,10,12H2,1-5H3. The molecule has 0 unspecified atom stereocenters. The molecule has 0 saturated carbocycles. The van der Waals surface area contributed by atoms with Crippen LogP contribution in [0.5, 0.6) is 0 Å². The number of nitrogens with zero attached hydrogens (tertiary/aromatic N) is 3. The van der Waals surface area contributed by atoms with Crippen molar-refractivity contribution < 1.29 is 9.53 Å². The largest absolute Gasteiger partial charge is 0.459 e. The van der Waals surface area contributed by atoms with Gasteiger partial charge in [-0.3, -0.25) is 4.79 Å². The Kier molecular flexibility index (Phi) is 6.04. The van der Waals surface area contributed by atoms with E-state index in [2.05, 4.69) is 40.7 Å². The van der Waals surface area contributed by atoms with Gasteiger partial charge >= 0.3 is 5.97 Å². The average Bonchev–Trinajstić information content (AvgIpc) is 2.87. The molecule has 0 aliphatic rings. The minimum Gasteiger partial charge on any atom is -0.459 e. The number of hydrogen-bond donors (Lipinski definition) is 0. The van der Waals surface area contributed by atoms with Crippen LogP contribution in [0.3, 0.4) is 0 Å². The second kappa shape index (κ2) is 7.83. The molecule has 0 aliphatic heterocycles. The first-order chi connectivity index (χ1) is 11.3. The number of aryl methyl sites for hydroxylation is 1. The molecule has 130 valence electrons. The van der Waals surface area contributed by atoms with Crippen molar-refractivity contribution in [2.45, 2.75) is 58.3 Å². The summed E-state index contributed by atoms with van der Waals surface area (Å²) < 4.78 is 7.42. The Hall–Kier alpha value is -1.82. The minimum atomic E-state index is -0.471. The Morgan fingerprint density at radius 2 is 2.04 bits per heavy atom. The number of esters is 1. The van der Waals surface area contributed by atoms with Gasteiger partial charge in [0.05, 0.1) is 5.75 Å². The molecule has 1 aromatic heterocycles. The summed E-state index contributed by atoms with van der Waals surface area (Å²) in [6.45, 7) is 10.6. The van der Waals surface area contributed by atoms with E-state index < -0.39 is 5.60 Å². The van der Waals surface area contributed by atoms with Gasteiger partial charge in [-0.15, -0.1) is 10.2 Å². The molecule has 2 rings (SSSR count). The molecule has 2 aromatic rings. The monoisotopic (exact) mass is 347 g/mol. The van der Waals surface area contributed by atoms with Crippen LogP contribution in [0.1, 0.15) is 39.7 Å². The smallest absolute Gasteiger partial charge is 0.316 e. The molecule has 1 aromatic carbocycles. The highest BCUT2D eigenvalue weighted by atomic mass is 32.2. The van der Waals surface area contributed by atoms with Gasteiger partial charge in [-0.05, 0) is 40.2 Å². The van der Waals surface area contributed by atoms with Crippen molar-refractivity contribution in [3.05, 3.63) is 29.8 Å². The molecule has 0 bridgehead atoms. The van der Waals surface area contributed by atoms with E-state index in [9.17, 15) is 4.79 Å². The number of carbonyl (C=O) groups excluding carboxylic acids is 1. The zero-order valence-corrected chi connectivity index (χ0v) is 15.8. The van der Waals surface area contributed by atoms with Gasteiger partial charge in [-0.2, -0.15) is 0 Å². The Labute approximate surface area is 147 Å². The first-order valence-electron chi connectivity index (χ1n) is 8.15. The molecule has 0 N–H and O–H groups in total. The molecule has 0 amide bonds. The third-order valence-electron chi connectivity index (χ3n) is 3.18. The Morgan fingerprint density at radius 3 is 2.67 bits per heavy atom. The first kappa shape index (κ1) is 18.5. The number of benzene rings is 1. The van der Waals surface area contributed by atoms with Crippen LogP contribution >= 0.6 is 11.8 Å². The van der Waals surface area contributed by atoms with Crippen LogP contribution in [0, 0.1) is 6.92 Å². The number of hydrogen-bond acceptors (Lipinski definition) is 5. The maximum Gasteiger partial charge on any atom is 0.316 e. The Balaban J connectivity index is 2.18. The summed E-state index contributed by atoms with van der Waals surface area (Å²) in [5.41, 5.74) is 1.75. The molecule has 0 aliphatic carbocycles. The zero-order chi connectivity index (χ0) is 17.7. The maximum absolute atomic E-state index is 11.9. The number of ether oxygens (including phenoxy) is 1. The molecular formula is C18H25N3O2S. The summed E-state index contributed by atoms with van der Waals surface area (Å²) in [6.07, 6.45) is 0.969. The van der Waals surface area contributed by atoms with Crippen LogP contribution in [0.25, 0.3) is 11.4 Å². The van der Waals surface area contributed by atoms with Gasteiger partial charge in [0.1, 0.15) is 5.60 Å². The van der Waals surface area contributed by atoms with E-state index in [-0.39, 0.29) is 11.7 Å². The van der Waals surface area contributed by atoms with Crippen molar-refractivity contribution in [3.8, 4) is 11.4 Å². The lowest BCUT2D eigenvalue weighted by Crippen LogP contribution is -2.25. The van der Waals surface area contributed by atoms with Gasteiger partial charge < -0.3 is 9.30 Å². The lowest BCUT2D eigenvalue weighted by atomic mass is 10.1. The van der Waals surface area contributed by atoms with E-state index >= 15 is 0 Å². The van der Waals surface area contributed by atoms with E-state index in [1.807, 2.05) is 32.9 Å². The van der Waals surface area contributed by atoms with Crippen LogP contribution in [0.15, 0.2) is 29.4 Å². The number of rotatable bonds is 6. The van der Waals surface area contributed by atoms with Gasteiger partial charge in [0.25, 0.3) is 0 Å². The molecule has 0 spiro atoms. The quantitative estimate of drug-likeness (QED) is 0.582. The molecule has 1 heterocycles. The molecule has 0 saturated heterocycles. The summed E-state index contributed by atoms with van der Waals surface area (Å²) in [6, 6.07) is 8.20. The van der Waals surface area contributed by atoms with Gasteiger partial charge in [0.2, 0.25) is 0 Å². The van der Waals surface area contributed by atoms with E-state index in [0.29, 0.717) is 0 Å². The van der Waals surface area contributed by atoms with Crippen LogP contribution in [0.4, 0.5) is 0 Å². The van der Waals surface area contributed by atoms with Crippen molar-refractivity contribution in [1.82, 2.24) is 14.8 Å². The third-order valence-corrected chi connectivity index (χ3v) is 4.12. The highest BCUT2D eigenvalue weighted by Crippen LogP contribution is 2.25. The third kappa shape index (κ3) is 5.09. The van der Waals surface area contributed by atoms with Crippen LogP contribution in [0.2, 0.25) is 0 Å². The van der Waals surface area contributed by atoms with Gasteiger partial charge in [0.15, 0.2) is 11.0 Å². The summed E-state index contributed by atoms with van der Waals surface area (Å²) in [7, 11) is 0. The molecule has 24 heavy (non-hydrogen) atoms. The lowest BCUT2D eigenvalue weighted by molar-refractivity contribution is -0.151. The SMILES string of the molecule is CCCn1c(SCC(=O)OC(C)(C)C)nnc1-c1cccc(C)c1. The lowest BCUT2D eigenvalue weighted by Gasteiger charge is -2.19. The molecule has 0 radical (unpaired) electrons. The average molecular weight is 347 g/mol. The van der Waals surface area contributed by atoms with Crippen LogP contribution in [-0.2, 0) is 16.1 Å². The highest BCUT2D eigenvalue weighted by molar-refractivity contribution is 7.99. The van der Waals surface area contributed by atoms with Crippen LogP contribution in [-0.4, -0.2) is 32.1 Å². The Morgan fingerprint density at radius 1 is 1.29 bits per heavy atom. The predicted octanol–water partition coefficient (Wildman–Crippen LogP) is 4.10. The molecule has 0 fully saturated rings. The predicted molar refractivity (Wildman–Crippen MR) is 97.1 cm³/mol. The van der Waals surface area contributed by atoms with E-state index in [0.717, 1.165) is 29.5 Å². The minimum absolute atomic E-state index is 0.229. The van der Waals surface area contributed by atoms with Crippen molar-refractivity contribution in [3.63, 3.8) is 0 Å². The van der Waals surface area contributed by atoms with Crippen molar-refractivity contribution in [2.24, 2.45) is 0 Å². The van der Waals surface area contributed by atoms with E-state index in [4.69, 9.17) is 4.74 Å². The second-order valence-corrected chi connectivity index (χ2v) is 7.64.